The van der Waals surface area contributed by atoms with Gasteiger partial charge in [-0.2, -0.15) is 5.10 Å². The molecule has 0 aliphatic carbocycles. The molecule has 150 valence electrons. The van der Waals surface area contributed by atoms with Crippen molar-refractivity contribution in [2.45, 2.75) is 6.92 Å². The Morgan fingerprint density at radius 2 is 1.77 bits per heavy atom. The first-order valence-electron chi connectivity index (χ1n) is 8.90. The maximum atomic E-state index is 12.2. The molecule has 0 aromatic heterocycles. The highest BCUT2D eigenvalue weighted by atomic mass is 16.6. The van der Waals surface area contributed by atoms with Crippen molar-refractivity contribution in [1.82, 2.24) is 5.43 Å². The molecule has 0 bridgehead atoms. The zero-order chi connectivity index (χ0) is 21.5. The van der Waals surface area contributed by atoms with Crippen LogP contribution in [0.4, 0.5) is 5.69 Å². The molecule has 1 N–H and O–H groups in total. The van der Waals surface area contributed by atoms with Crippen molar-refractivity contribution in [3.63, 3.8) is 0 Å². The molecule has 0 atom stereocenters. The quantitative estimate of drug-likeness (QED) is 0.221. The van der Waals surface area contributed by atoms with Crippen molar-refractivity contribution in [2.75, 3.05) is 0 Å². The van der Waals surface area contributed by atoms with Crippen LogP contribution in [0.3, 0.4) is 0 Å². The van der Waals surface area contributed by atoms with Crippen LogP contribution in [0, 0.1) is 17.0 Å². The van der Waals surface area contributed by atoms with Crippen molar-refractivity contribution in [3.05, 3.63) is 105 Å². The predicted molar refractivity (Wildman–Crippen MR) is 111 cm³/mol. The number of non-ortho nitro benzene ring substituents is 1. The first kappa shape index (κ1) is 20.4. The van der Waals surface area contributed by atoms with Crippen LogP contribution in [0.25, 0.3) is 0 Å². The van der Waals surface area contributed by atoms with Crippen molar-refractivity contribution < 1.29 is 19.2 Å². The van der Waals surface area contributed by atoms with Crippen LogP contribution in [-0.4, -0.2) is 23.0 Å². The van der Waals surface area contributed by atoms with E-state index in [1.807, 2.05) is 19.1 Å². The Balaban J connectivity index is 1.59. The zero-order valence-corrected chi connectivity index (χ0v) is 15.9. The smallest absolute Gasteiger partial charge is 0.343 e. The SMILES string of the molecule is Cc1ccccc1C(=O)Oc1ccc(/C=N/NC(=O)c2cccc([N+](=O)[O-])c2)cc1. The van der Waals surface area contributed by atoms with Crippen LogP contribution >= 0.6 is 0 Å². The molecule has 30 heavy (non-hydrogen) atoms. The molecule has 0 aliphatic rings. The van der Waals surface area contributed by atoms with Gasteiger partial charge in [0.15, 0.2) is 0 Å². The number of ether oxygens (including phenoxy) is 1. The summed E-state index contributed by atoms with van der Waals surface area (Å²) in [4.78, 5) is 34.5. The van der Waals surface area contributed by atoms with Crippen LogP contribution in [-0.2, 0) is 0 Å². The Hall–Kier alpha value is -4.33. The lowest BCUT2D eigenvalue weighted by Crippen LogP contribution is -2.17. The largest absolute Gasteiger partial charge is 0.423 e. The van der Waals surface area contributed by atoms with E-state index in [-0.39, 0.29) is 11.3 Å². The number of benzene rings is 3. The van der Waals surface area contributed by atoms with Crippen LogP contribution < -0.4 is 10.2 Å². The molecule has 0 saturated carbocycles. The second-order valence-electron chi connectivity index (χ2n) is 6.28. The first-order chi connectivity index (χ1) is 14.4. The highest BCUT2D eigenvalue weighted by molar-refractivity contribution is 5.95. The van der Waals surface area contributed by atoms with E-state index in [1.165, 1.54) is 30.5 Å². The van der Waals surface area contributed by atoms with Crippen LogP contribution in [0.15, 0.2) is 77.9 Å². The minimum atomic E-state index is -0.576. The molecule has 0 unspecified atom stereocenters. The fourth-order valence-corrected chi connectivity index (χ4v) is 2.58. The maximum absolute atomic E-state index is 12.2. The number of hydrogen-bond acceptors (Lipinski definition) is 6. The number of aryl methyl sites for hydroxylation is 1. The minimum Gasteiger partial charge on any atom is -0.423 e. The Bertz CT molecular complexity index is 1120. The van der Waals surface area contributed by atoms with Gasteiger partial charge < -0.3 is 4.74 Å². The lowest BCUT2D eigenvalue weighted by molar-refractivity contribution is -0.384. The number of hydrazone groups is 1. The van der Waals surface area contributed by atoms with Crippen LogP contribution in [0.5, 0.6) is 5.75 Å². The van der Waals surface area contributed by atoms with Gasteiger partial charge in [0, 0.05) is 17.7 Å². The Kier molecular flexibility index (Phi) is 6.29. The summed E-state index contributed by atoms with van der Waals surface area (Å²) in [6, 6.07) is 19.1. The summed E-state index contributed by atoms with van der Waals surface area (Å²) >= 11 is 0. The number of rotatable bonds is 6. The summed E-state index contributed by atoms with van der Waals surface area (Å²) in [5.74, 6) is -0.640. The second kappa shape index (κ2) is 9.24. The Morgan fingerprint density at radius 1 is 1.03 bits per heavy atom. The van der Waals surface area contributed by atoms with E-state index in [2.05, 4.69) is 10.5 Å². The minimum absolute atomic E-state index is 0.125. The van der Waals surface area contributed by atoms with Crippen molar-refractivity contribution in [1.29, 1.82) is 0 Å². The molecule has 8 nitrogen and oxygen atoms in total. The topological polar surface area (TPSA) is 111 Å². The molecule has 0 fully saturated rings. The van der Waals surface area contributed by atoms with E-state index < -0.39 is 16.8 Å². The number of amides is 1. The summed E-state index contributed by atoms with van der Waals surface area (Å²) in [5, 5.41) is 14.6. The normalized spacial score (nSPS) is 10.6. The summed E-state index contributed by atoms with van der Waals surface area (Å²) < 4.78 is 5.36. The average molecular weight is 403 g/mol. The van der Waals surface area contributed by atoms with Gasteiger partial charge >= 0.3 is 5.97 Å². The Morgan fingerprint density at radius 3 is 2.47 bits per heavy atom. The molecule has 0 saturated heterocycles. The summed E-state index contributed by atoms with van der Waals surface area (Å²) in [5.41, 5.74) is 4.23. The van der Waals surface area contributed by atoms with E-state index in [1.54, 1.807) is 36.4 Å². The standard InChI is InChI=1S/C22H17N3O5/c1-15-5-2-3-8-20(15)22(27)30-19-11-9-16(10-12-19)14-23-24-21(26)17-6-4-7-18(13-17)25(28)29/h2-14H,1H3,(H,24,26)/b23-14+. The lowest BCUT2D eigenvalue weighted by atomic mass is 10.1. The maximum Gasteiger partial charge on any atom is 0.343 e. The molecule has 0 heterocycles. The van der Waals surface area contributed by atoms with Gasteiger partial charge in [-0.15, -0.1) is 0 Å². The van der Waals surface area contributed by atoms with Gasteiger partial charge in [0.2, 0.25) is 0 Å². The number of nitrogens with zero attached hydrogens (tertiary/aromatic N) is 2. The van der Waals surface area contributed by atoms with Crippen molar-refractivity contribution in [3.8, 4) is 5.75 Å². The summed E-state index contributed by atoms with van der Waals surface area (Å²) in [7, 11) is 0. The van der Waals surface area contributed by atoms with Gasteiger partial charge in [0.1, 0.15) is 5.75 Å². The van der Waals surface area contributed by atoms with Gasteiger partial charge in [-0.05, 0) is 54.4 Å². The summed E-state index contributed by atoms with van der Waals surface area (Å²) in [6.07, 6.45) is 1.40. The number of carbonyl (C=O) groups excluding carboxylic acids is 2. The van der Waals surface area contributed by atoms with E-state index in [0.717, 1.165) is 5.56 Å². The average Bonchev–Trinajstić information content (AvgIpc) is 2.75. The number of hydrogen-bond donors (Lipinski definition) is 1. The molecular formula is C22H17N3O5. The molecule has 3 aromatic rings. The van der Waals surface area contributed by atoms with Crippen molar-refractivity contribution >= 4 is 23.8 Å². The van der Waals surface area contributed by atoms with Gasteiger partial charge in [-0.25, -0.2) is 10.2 Å². The summed E-state index contributed by atoms with van der Waals surface area (Å²) in [6.45, 7) is 1.83. The second-order valence-corrected chi connectivity index (χ2v) is 6.28. The highest BCUT2D eigenvalue weighted by Gasteiger charge is 2.11. The number of nitro groups is 1. The molecule has 3 aromatic carbocycles. The van der Waals surface area contributed by atoms with E-state index in [9.17, 15) is 19.7 Å². The van der Waals surface area contributed by atoms with Gasteiger partial charge in [-0.3, -0.25) is 14.9 Å². The fourth-order valence-electron chi connectivity index (χ4n) is 2.58. The third-order valence-corrected chi connectivity index (χ3v) is 4.15. The van der Waals surface area contributed by atoms with Gasteiger partial charge in [0.25, 0.3) is 11.6 Å². The molecule has 0 radical (unpaired) electrons. The number of esters is 1. The van der Waals surface area contributed by atoms with Gasteiger partial charge in [0.05, 0.1) is 16.7 Å². The third kappa shape index (κ3) is 5.14. The monoisotopic (exact) mass is 403 g/mol. The van der Waals surface area contributed by atoms with E-state index >= 15 is 0 Å². The first-order valence-corrected chi connectivity index (χ1v) is 8.90. The van der Waals surface area contributed by atoms with E-state index in [0.29, 0.717) is 16.9 Å². The number of nitro benzene ring substituents is 1. The molecule has 3 rings (SSSR count). The molecule has 1 amide bonds. The van der Waals surface area contributed by atoms with Crippen LogP contribution in [0.1, 0.15) is 31.8 Å². The molecule has 0 aliphatic heterocycles. The van der Waals surface area contributed by atoms with Crippen molar-refractivity contribution in [2.24, 2.45) is 5.10 Å². The number of carbonyl (C=O) groups is 2. The molecular weight excluding hydrogens is 386 g/mol. The third-order valence-electron chi connectivity index (χ3n) is 4.15. The fraction of sp³-hybridized carbons (Fsp3) is 0.0455. The molecule has 0 spiro atoms. The lowest BCUT2D eigenvalue weighted by Gasteiger charge is -2.06. The van der Waals surface area contributed by atoms with Crippen LogP contribution in [0.2, 0.25) is 0 Å². The highest BCUT2D eigenvalue weighted by Crippen LogP contribution is 2.16. The van der Waals surface area contributed by atoms with E-state index in [4.69, 9.17) is 4.74 Å². The zero-order valence-electron chi connectivity index (χ0n) is 15.9. The Labute approximate surface area is 172 Å². The predicted octanol–water partition coefficient (Wildman–Crippen LogP) is 3.89. The number of nitrogens with one attached hydrogen (secondary N) is 1. The molecule has 8 heteroatoms. The van der Waals surface area contributed by atoms with Gasteiger partial charge in [-0.1, -0.05) is 24.3 Å².